The highest BCUT2D eigenvalue weighted by Crippen LogP contribution is 2.38. The number of imide groups is 1. The van der Waals surface area contributed by atoms with Gasteiger partial charge < -0.3 is 10.2 Å². The first-order valence-corrected chi connectivity index (χ1v) is 10.4. The average molecular weight is 424 g/mol. The molecule has 0 aromatic heterocycles. The highest BCUT2D eigenvalue weighted by molar-refractivity contribution is 6.47. The lowest BCUT2D eigenvalue weighted by Gasteiger charge is -2.29. The molecule has 0 bridgehead atoms. The fraction of sp³-hybridized carbons (Fsp3) is 0.261. The predicted molar refractivity (Wildman–Crippen MR) is 117 cm³/mol. The summed E-state index contributed by atoms with van der Waals surface area (Å²) in [4.78, 5) is 41.4. The van der Waals surface area contributed by atoms with Gasteiger partial charge in [-0.05, 0) is 49.1 Å². The maximum Gasteiger partial charge on any atom is 0.282 e. The van der Waals surface area contributed by atoms with E-state index in [9.17, 15) is 14.4 Å². The van der Waals surface area contributed by atoms with Gasteiger partial charge in [0.25, 0.3) is 11.8 Å². The van der Waals surface area contributed by atoms with E-state index in [-0.39, 0.29) is 17.7 Å². The molecule has 1 saturated heterocycles. The summed E-state index contributed by atoms with van der Waals surface area (Å²) in [5, 5.41) is 3.06. The Morgan fingerprint density at radius 3 is 2.23 bits per heavy atom. The van der Waals surface area contributed by atoms with E-state index in [1.165, 1.54) is 11.8 Å². The molecule has 30 heavy (non-hydrogen) atoms. The van der Waals surface area contributed by atoms with Crippen LogP contribution in [0, 0.1) is 0 Å². The van der Waals surface area contributed by atoms with E-state index in [0.717, 1.165) is 32.4 Å². The maximum atomic E-state index is 13.5. The van der Waals surface area contributed by atoms with Gasteiger partial charge in [-0.1, -0.05) is 35.9 Å². The van der Waals surface area contributed by atoms with Crippen molar-refractivity contribution in [3.63, 3.8) is 0 Å². The molecule has 154 valence electrons. The number of rotatable bonds is 4. The Kier molecular flexibility index (Phi) is 5.59. The molecule has 2 aromatic carbocycles. The summed E-state index contributed by atoms with van der Waals surface area (Å²) < 4.78 is 0. The molecule has 0 atom stereocenters. The summed E-state index contributed by atoms with van der Waals surface area (Å²) in [6, 6.07) is 13.8. The third kappa shape index (κ3) is 3.71. The van der Waals surface area contributed by atoms with Gasteiger partial charge in [-0.25, -0.2) is 4.90 Å². The summed E-state index contributed by atoms with van der Waals surface area (Å²) in [6.45, 7) is 2.90. The van der Waals surface area contributed by atoms with Crippen LogP contribution in [-0.4, -0.2) is 35.7 Å². The first-order chi connectivity index (χ1) is 14.5. The van der Waals surface area contributed by atoms with Crippen LogP contribution >= 0.6 is 11.6 Å². The van der Waals surface area contributed by atoms with Gasteiger partial charge in [0.05, 0.1) is 16.3 Å². The zero-order valence-corrected chi connectivity index (χ0v) is 17.4. The van der Waals surface area contributed by atoms with E-state index in [2.05, 4.69) is 5.32 Å². The molecular formula is C23H22ClN3O3. The number of hydrogen-bond donors (Lipinski definition) is 1. The van der Waals surface area contributed by atoms with E-state index < -0.39 is 0 Å². The van der Waals surface area contributed by atoms with Crippen LogP contribution in [0.25, 0.3) is 5.57 Å². The van der Waals surface area contributed by atoms with E-state index in [1.54, 1.807) is 48.5 Å². The number of carbonyl (C=O) groups is 3. The number of piperidine rings is 1. The molecule has 6 nitrogen and oxygen atoms in total. The minimum absolute atomic E-state index is 0.173. The number of likely N-dealkylation sites (tertiary alicyclic amines) is 1. The Bertz CT molecular complexity index is 1040. The standard InChI is InChI=1S/C23H22ClN3O3/c1-15(28)25-17-11-9-16(10-12-17)20-21(26-13-5-2-6-14-26)23(30)27(22(20)29)19-8-4-3-7-18(19)24/h3-4,7-12H,2,5-6,13-14H2,1H3,(H,25,28). The Morgan fingerprint density at radius 2 is 1.60 bits per heavy atom. The van der Waals surface area contributed by atoms with Crippen molar-refractivity contribution < 1.29 is 14.4 Å². The van der Waals surface area contributed by atoms with Crippen molar-refractivity contribution >= 4 is 46.3 Å². The molecule has 2 aromatic rings. The molecule has 2 aliphatic rings. The lowest BCUT2D eigenvalue weighted by atomic mass is 10.0. The van der Waals surface area contributed by atoms with Crippen LogP contribution in [0.2, 0.25) is 5.02 Å². The van der Waals surface area contributed by atoms with Gasteiger partial charge >= 0.3 is 0 Å². The molecule has 2 heterocycles. The van der Waals surface area contributed by atoms with Gasteiger partial charge in [0.1, 0.15) is 5.70 Å². The molecular weight excluding hydrogens is 402 g/mol. The molecule has 7 heteroatoms. The number of hydrogen-bond acceptors (Lipinski definition) is 4. The van der Waals surface area contributed by atoms with E-state index >= 15 is 0 Å². The van der Waals surface area contributed by atoms with Crippen molar-refractivity contribution in [2.24, 2.45) is 0 Å². The molecule has 4 rings (SSSR count). The zero-order chi connectivity index (χ0) is 21.3. The molecule has 1 fully saturated rings. The van der Waals surface area contributed by atoms with Crippen LogP contribution in [0.3, 0.4) is 0 Å². The van der Waals surface area contributed by atoms with Crippen molar-refractivity contribution in [2.45, 2.75) is 26.2 Å². The predicted octanol–water partition coefficient (Wildman–Crippen LogP) is 4.07. The monoisotopic (exact) mass is 423 g/mol. The topological polar surface area (TPSA) is 69.7 Å². The van der Waals surface area contributed by atoms with E-state index in [4.69, 9.17) is 11.6 Å². The van der Waals surface area contributed by atoms with Gasteiger partial charge in [-0.3, -0.25) is 14.4 Å². The lowest BCUT2D eigenvalue weighted by molar-refractivity contribution is -0.121. The molecule has 0 radical (unpaired) electrons. The fourth-order valence-electron chi connectivity index (χ4n) is 3.96. The number of anilines is 2. The van der Waals surface area contributed by atoms with Crippen molar-refractivity contribution in [3.8, 4) is 0 Å². The number of para-hydroxylation sites is 1. The van der Waals surface area contributed by atoms with E-state index in [0.29, 0.717) is 33.2 Å². The van der Waals surface area contributed by atoms with Crippen LogP contribution in [0.5, 0.6) is 0 Å². The van der Waals surface area contributed by atoms with Crippen LogP contribution in [0.1, 0.15) is 31.7 Å². The first kappa shape index (κ1) is 20.2. The Balaban J connectivity index is 1.79. The van der Waals surface area contributed by atoms with Gasteiger partial charge in [0.15, 0.2) is 0 Å². The van der Waals surface area contributed by atoms with Crippen LogP contribution < -0.4 is 10.2 Å². The SMILES string of the molecule is CC(=O)Nc1ccc(C2=C(N3CCCCC3)C(=O)N(c3ccccc3Cl)C2=O)cc1. The molecule has 1 N–H and O–H groups in total. The Hall–Kier alpha value is -3.12. The van der Waals surface area contributed by atoms with E-state index in [1.807, 2.05) is 4.90 Å². The second-order valence-corrected chi connectivity index (χ2v) is 7.83. The zero-order valence-electron chi connectivity index (χ0n) is 16.7. The summed E-state index contributed by atoms with van der Waals surface area (Å²) in [6.07, 6.45) is 3.07. The third-order valence-electron chi connectivity index (χ3n) is 5.32. The Morgan fingerprint density at radius 1 is 0.933 bits per heavy atom. The molecule has 0 unspecified atom stereocenters. The lowest BCUT2D eigenvalue weighted by Crippen LogP contribution is -2.37. The largest absolute Gasteiger partial charge is 0.366 e. The maximum absolute atomic E-state index is 13.5. The number of nitrogens with one attached hydrogen (secondary N) is 1. The number of amides is 3. The highest BCUT2D eigenvalue weighted by atomic mass is 35.5. The number of benzene rings is 2. The Labute approximate surface area is 180 Å². The smallest absolute Gasteiger partial charge is 0.282 e. The second kappa shape index (κ2) is 8.32. The number of nitrogens with zero attached hydrogens (tertiary/aromatic N) is 2. The second-order valence-electron chi connectivity index (χ2n) is 7.43. The van der Waals surface area contributed by atoms with Gasteiger partial charge in [-0.15, -0.1) is 0 Å². The van der Waals surface area contributed by atoms with Crippen LogP contribution in [0.4, 0.5) is 11.4 Å². The quantitative estimate of drug-likeness (QED) is 0.752. The summed E-state index contributed by atoms with van der Waals surface area (Å²) in [5.41, 5.74) is 2.44. The summed E-state index contributed by atoms with van der Waals surface area (Å²) >= 11 is 6.31. The molecule has 0 spiro atoms. The van der Waals surface area contributed by atoms with Crippen molar-refractivity contribution in [3.05, 3.63) is 64.8 Å². The minimum Gasteiger partial charge on any atom is -0.366 e. The fourth-order valence-corrected chi connectivity index (χ4v) is 4.18. The normalized spacial score (nSPS) is 17.0. The van der Waals surface area contributed by atoms with Gasteiger partial charge in [0, 0.05) is 25.7 Å². The van der Waals surface area contributed by atoms with Crippen molar-refractivity contribution in [1.82, 2.24) is 4.90 Å². The average Bonchev–Trinajstić information content (AvgIpc) is 2.99. The molecule has 3 amide bonds. The number of carbonyl (C=O) groups excluding carboxylic acids is 3. The highest BCUT2D eigenvalue weighted by Gasteiger charge is 2.43. The molecule has 0 saturated carbocycles. The van der Waals surface area contributed by atoms with Gasteiger partial charge in [-0.2, -0.15) is 0 Å². The van der Waals surface area contributed by atoms with Crippen molar-refractivity contribution in [1.29, 1.82) is 0 Å². The van der Waals surface area contributed by atoms with Crippen LogP contribution in [0.15, 0.2) is 54.2 Å². The summed E-state index contributed by atoms with van der Waals surface area (Å²) in [7, 11) is 0. The van der Waals surface area contributed by atoms with Gasteiger partial charge in [0.2, 0.25) is 5.91 Å². The first-order valence-electron chi connectivity index (χ1n) is 9.98. The van der Waals surface area contributed by atoms with Crippen molar-refractivity contribution in [2.75, 3.05) is 23.3 Å². The number of halogens is 1. The molecule has 2 aliphatic heterocycles. The van der Waals surface area contributed by atoms with Crippen LogP contribution in [-0.2, 0) is 14.4 Å². The summed E-state index contributed by atoms with van der Waals surface area (Å²) in [5.74, 6) is -0.912. The molecule has 0 aliphatic carbocycles. The minimum atomic E-state index is -0.388. The third-order valence-corrected chi connectivity index (χ3v) is 5.64.